The second-order valence-corrected chi connectivity index (χ2v) is 7.31. The van der Waals surface area contributed by atoms with Crippen molar-refractivity contribution in [3.63, 3.8) is 0 Å². The third-order valence-electron chi connectivity index (χ3n) is 5.07. The van der Waals surface area contributed by atoms with E-state index in [1.807, 2.05) is 12.1 Å². The molecule has 0 spiro atoms. The summed E-state index contributed by atoms with van der Waals surface area (Å²) in [5.74, 6) is -0.335. The highest BCUT2D eigenvalue weighted by Crippen LogP contribution is 2.30. The Hall–Kier alpha value is -1.34. The Morgan fingerprint density at radius 1 is 0.967 bits per heavy atom. The van der Waals surface area contributed by atoms with Crippen LogP contribution in [-0.4, -0.2) is 68.8 Å². The van der Waals surface area contributed by atoms with Crippen molar-refractivity contribution in [3.8, 4) is 0 Å². The Bertz CT molecular complexity index is 739. The van der Waals surface area contributed by atoms with Gasteiger partial charge in [0.25, 0.3) is 0 Å². The monoisotopic (exact) mass is 474 g/mol. The fraction of sp³-hybridized carbons (Fsp3) is 0.409. The van der Waals surface area contributed by atoms with Gasteiger partial charge >= 0.3 is 5.97 Å². The highest BCUT2D eigenvalue weighted by molar-refractivity contribution is 6.30. The summed E-state index contributed by atoms with van der Waals surface area (Å²) in [6.07, 6.45) is 0. The molecule has 30 heavy (non-hydrogen) atoms. The minimum absolute atomic E-state index is 0. The van der Waals surface area contributed by atoms with E-state index in [-0.39, 0.29) is 43.4 Å². The van der Waals surface area contributed by atoms with Gasteiger partial charge in [-0.2, -0.15) is 0 Å². The molecule has 166 valence electrons. The largest absolute Gasteiger partial charge is 0.467 e. The lowest BCUT2D eigenvalue weighted by molar-refractivity contribution is -0.146. The van der Waals surface area contributed by atoms with Crippen LogP contribution in [0.25, 0.3) is 0 Å². The predicted molar refractivity (Wildman–Crippen MR) is 125 cm³/mol. The molecule has 0 aromatic heterocycles. The second kappa shape index (κ2) is 13.9. The molecular formula is C22H29Cl3N2O3. The molecule has 2 aromatic carbocycles. The highest BCUT2D eigenvalue weighted by Gasteiger charge is 2.26. The van der Waals surface area contributed by atoms with E-state index in [1.54, 1.807) is 0 Å². The molecule has 0 saturated carbocycles. The molecule has 1 heterocycles. The molecule has 0 N–H and O–H groups in total. The standard InChI is InChI=1S/C22H27ClN2O3.2ClH/c1-27-21(26)17-28-16-15-24-11-13-25(14-12-24)22(18-5-3-2-4-6-18)19-7-9-20(23)10-8-19;;/h2-10,22H,11-17H2,1H3;2*1H/t22-;;/m1../s1. The first-order valence-electron chi connectivity index (χ1n) is 9.59. The summed E-state index contributed by atoms with van der Waals surface area (Å²) in [6.45, 7) is 5.26. The number of carbonyl (C=O) groups excluding carboxylic acids is 1. The van der Waals surface area contributed by atoms with Gasteiger partial charge in [0.1, 0.15) is 6.61 Å². The van der Waals surface area contributed by atoms with Crippen molar-refractivity contribution in [1.29, 1.82) is 0 Å². The average Bonchev–Trinajstić information content (AvgIpc) is 2.74. The molecule has 1 atom stereocenters. The lowest BCUT2D eigenvalue weighted by Gasteiger charge is -2.39. The van der Waals surface area contributed by atoms with E-state index in [4.69, 9.17) is 16.3 Å². The third kappa shape index (κ3) is 7.73. The number of hydrogen-bond acceptors (Lipinski definition) is 5. The van der Waals surface area contributed by atoms with Gasteiger partial charge in [0.15, 0.2) is 0 Å². The van der Waals surface area contributed by atoms with Gasteiger partial charge in [0.2, 0.25) is 0 Å². The first kappa shape index (κ1) is 26.7. The predicted octanol–water partition coefficient (Wildman–Crippen LogP) is 4.08. The van der Waals surface area contributed by atoms with Gasteiger partial charge in [0.05, 0.1) is 19.8 Å². The molecule has 2 aromatic rings. The fourth-order valence-corrected chi connectivity index (χ4v) is 3.67. The van der Waals surface area contributed by atoms with Crippen LogP contribution < -0.4 is 0 Å². The lowest BCUT2D eigenvalue weighted by atomic mass is 9.96. The van der Waals surface area contributed by atoms with Crippen LogP contribution in [0, 0.1) is 0 Å². The molecule has 3 rings (SSSR count). The first-order valence-corrected chi connectivity index (χ1v) is 9.96. The average molecular weight is 476 g/mol. The number of hydrogen-bond donors (Lipinski definition) is 0. The number of halogens is 3. The smallest absolute Gasteiger partial charge is 0.331 e. The van der Waals surface area contributed by atoms with Gasteiger partial charge < -0.3 is 9.47 Å². The molecule has 5 nitrogen and oxygen atoms in total. The summed E-state index contributed by atoms with van der Waals surface area (Å²) in [6, 6.07) is 19.0. The van der Waals surface area contributed by atoms with E-state index in [0.717, 1.165) is 37.7 Å². The fourth-order valence-electron chi connectivity index (χ4n) is 3.55. The normalized spacial score (nSPS) is 15.5. The molecule has 1 aliphatic rings. The Labute approximate surface area is 196 Å². The van der Waals surface area contributed by atoms with Crippen molar-refractivity contribution in [2.75, 3.05) is 53.0 Å². The van der Waals surface area contributed by atoms with Crippen molar-refractivity contribution in [1.82, 2.24) is 9.80 Å². The van der Waals surface area contributed by atoms with Crippen LogP contribution in [0.3, 0.4) is 0 Å². The molecule has 0 unspecified atom stereocenters. The van der Waals surface area contributed by atoms with Crippen LogP contribution in [-0.2, 0) is 14.3 Å². The Morgan fingerprint density at radius 2 is 1.57 bits per heavy atom. The number of benzene rings is 2. The number of rotatable bonds is 8. The molecule has 1 saturated heterocycles. The van der Waals surface area contributed by atoms with Gasteiger partial charge in [-0.25, -0.2) is 4.79 Å². The third-order valence-corrected chi connectivity index (χ3v) is 5.32. The number of methoxy groups -OCH3 is 1. The molecular weight excluding hydrogens is 447 g/mol. The van der Waals surface area contributed by atoms with Crippen molar-refractivity contribution < 1.29 is 14.3 Å². The lowest BCUT2D eigenvalue weighted by Crippen LogP contribution is -2.48. The SMILES string of the molecule is COC(=O)COCCN1CCN([C@H](c2ccccc2)c2ccc(Cl)cc2)CC1.Cl.Cl. The van der Waals surface area contributed by atoms with Gasteiger partial charge in [-0.1, -0.05) is 54.1 Å². The maximum atomic E-state index is 11.1. The first-order chi connectivity index (χ1) is 13.7. The molecule has 0 amide bonds. The zero-order chi connectivity index (χ0) is 19.8. The van der Waals surface area contributed by atoms with Crippen molar-refractivity contribution in [2.24, 2.45) is 0 Å². The van der Waals surface area contributed by atoms with E-state index in [0.29, 0.717) is 6.61 Å². The van der Waals surface area contributed by atoms with Gasteiger partial charge in [-0.15, -0.1) is 24.8 Å². The molecule has 0 bridgehead atoms. The molecule has 1 aliphatic heterocycles. The quantitative estimate of drug-likeness (QED) is 0.425. The highest BCUT2D eigenvalue weighted by atomic mass is 35.5. The zero-order valence-corrected chi connectivity index (χ0v) is 19.4. The zero-order valence-electron chi connectivity index (χ0n) is 17.0. The summed E-state index contributed by atoms with van der Waals surface area (Å²) in [5.41, 5.74) is 2.55. The topological polar surface area (TPSA) is 42.0 Å². The summed E-state index contributed by atoms with van der Waals surface area (Å²) < 4.78 is 9.95. The Morgan fingerprint density at radius 3 is 2.17 bits per heavy atom. The van der Waals surface area contributed by atoms with Crippen LogP contribution in [0.2, 0.25) is 5.02 Å². The summed E-state index contributed by atoms with van der Waals surface area (Å²) in [5, 5.41) is 0.757. The van der Waals surface area contributed by atoms with Crippen LogP contribution in [0.15, 0.2) is 54.6 Å². The summed E-state index contributed by atoms with van der Waals surface area (Å²) in [4.78, 5) is 16.0. The summed E-state index contributed by atoms with van der Waals surface area (Å²) >= 11 is 6.10. The van der Waals surface area contributed by atoms with Crippen molar-refractivity contribution in [3.05, 3.63) is 70.7 Å². The van der Waals surface area contributed by atoms with Crippen LogP contribution in [0.1, 0.15) is 17.2 Å². The Kier molecular flexibility index (Phi) is 12.3. The van der Waals surface area contributed by atoms with Crippen molar-refractivity contribution in [2.45, 2.75) is 6.04 Å². The number of esters is 1. The molecule has 8 heteroatoms. The van der Waals surface area contributed by atoms with Gasteiger partial charge in [-0.3, -0.25) is 9.80 Å². The van der Waals surface area contributed by atoms with Crippen LogP contribution in [0.4, 0.5) is 0 Å². The second-order valence-electron chi connectivity index (χ2n) is 6.87. The van der Waals surface area contributed by atoms with Gasteiger partial charge in [-0.05, 0) is 23.3 Å². The number of ether oxygens (including phenoxy) is 2. The van der Waals surface area contributed by atoms with Crippen LogP contribution in [0.5, 0.6) is 0 Å². The van der Waals surface area contributed by atoms with E-state index >= 15 is 0 Å². The number of piperazine rings is 1. The van der Waals surface area contributed by atoms with E-state index in [9.17, 15) is 4.79 Å². The minimum atomic E-state index is -0.335. The van der Waals surface area contributed by atoms with E-state index in [1.165, 1.54) is 18.2 Å². The summed E-state index contributed by atoms with van der Waals surface area (Å²) in [7, 11) is 1.37. The van der Waals surface area contributed by atoms with E-state index < -0.39 is 0 Å². The number of nitrogens with zero attached hydrogens (tertiary/aromatic N) is 2. The van der Waals surface area contributed by atoms with Gasteiger partial charge in [0, 0.05) is 37.7 Å². The maximum Gasteiger partial charge on any atom is 0.331 e. The van der Waals surface area contributed by atoms with Crippen molar-refractivity contribution >= 4 is 42.4 Å². The van der Waals surface area contributed by atoms with Crippen LogP contribution >= 0.6 is 36.4 Å². The van der Waals surface area contributed by atoms with E-state index in [2.05, 4.69) is 57.0 Å². The Balaban J connectivity index is 0.00000225. The molecule has 1 fully saturated rings. The minimum Gasteiger partial charge on any atom is -0.467 e. The molecule has 0 radical (unpaired) electrons. The number of carbonyl (C=O) groups is 1. The maximum absolute atomic E-state index is 11.1. The molecule has 0 aliphatic carbocycles.